The van der Waals surface area contributed by atoms with E-state index in [9.17, 15) is 10.1 Å². The number of hydrogen-bond acceptors (Lipinski definition) is 3. The van der Waals surface area contributed by atoms with Gasteiger partial charge in [0.1, 0.15) is 0 Å². The van der Waals surface area contributed by atoms with E-state index in [1.807, 2.05) is 0 Å². The molecule has 0 aliphatic heterocycles. The van der Waals surface area contributed by atoms with E-state index < -0.39 is 4.92 Å². The second-order valence-corrected chi connectivity index (χ2v) is 3.26. The SMILES string of the molecule is NC(=S)Nc1ccc([N+](=O)[O-])cc1Cl. The van der Waals surface area contributed by atoms with Crippen LogP contribution in [0.2, 0.25) is 5.02 Å². The summed E-state index contributed by atoms with van der Waals surface area (Å²) in [5.41, 5.74) is 5.59. The number of nitro groups is 1. The Morgan fingerprint density at radius 1 is 1.64 bits per heavy atom. The molecule has 0 saturated heterocycles. The highest BCUT2D eigenvalue weighted by molar-refractivity contribution is 7.80. The van der Waals surface area contributed by atoms with Gasteiger partial charge in [-0.2, -0.15) is 0 Å². The standard InChI is InChI=1S/C7H6ClN3O2S/c8-5-3-4(11(12)13)1-2-6(5)10-7(9)14/h1-3H,(H3,9,10,14). The highest BCUT2D eigenvalue weighted by Gasteiger charge is 2.09. The molecule has 0 fully saturated rings. The smallest absolute Gasteiger partial charge is 0.271 e. The van der Waals surface area contributed by atoms with Crippen LogP contribution in [-0.4, -0.2) is 10.0 Å². The number of anilines is 1. The molecule has 3 N–H and O–H groups in total. The van der Waals surface area contributed by atoms with Gasteiger partial charge in [0, 0.05) is 12.1 Å². The number of rotatable bonds is 2. The monoisotopic (exact) mass is 231 g/mol. The zero-order valence-corrected chi connectivity index (χ0v) is 8.43. The van der Waals surface area contributed by atoms with Gasteiger partial charge >= 0.3 is 0 Å². The minimum Gasteiger partial charge on any atom is -0.376 e. The summed E-state index contributed by atoms with van der Waals surface area (Å²) in [4.78, 5) is 9.83. The first-order valence-corrected chi connectivity index (χ1v) is 4.29. The van der Waals surface area contributed by atoms with E-state index in [0.717, 1.165) is 0 Å². The fourth-order valence-corrected chi connectivity index (χ4v) is 1.18. The number of hydrogen-bond donors (Lipinski definition) is 2. The van der Waals surface area contributed by atoms with Crippen LogP contribution in [0.1, 0.15) is 0 Å². The number of halogens is 1. The third-order valence-corrected chi connectivity index (χ3v) is 1.84. The Bertz CT molecular complexity index is 397. The molecule has 0 atom stereocenters. The van der Waals surface area contributed by atoms with Gasteiger partial charge in [0.2, 0.25) is 0 Å². The van der Waals surface area contributed by atoms with E-state index in [-0.39, 0.29) is 15.8 Å². The number of thiocarbonyl (C=S) groups is 1. The number of nitrogens with two attached hydrogens (primary N) is 1. The van der Waals surface area contributed by atoms with E-state index in [1.54, 1.807) is 0 Å². The predicted molar refractivity (Wildman–Crippen MR) is 58.5 cm³/mol. The van der Waals surface area contributed by atoms with Crippen LogP contribution < -0.4 is 11.1 Å². The molecular formula is C7H6ClN3O2S. The van der Waals surface area contributed by atoms with Crippen LogP contribution in [0.25, 0.3) is 0 Å². The van der Waals surface area contributed by atoms with Crippen LogP contribution in [0.4, 0.5) is 11.4 Å². The zero-order chi connectivity index (χ0) is 10.7. The van der Waals surface area contributed by atoms with Crippen molar-refractivity contribution < 1.29 is 4.92 Å². The minimum absolute atomic E-state index is 0.0563. The lowest BCUT2D eigenvalue weighted by molar-refractivity contribution is -0.384. The lowest BCUT2D eigenvalue weighted by Crippen LogP contribution is -2.19. The number of nitrogens with zero attached hydrogens (tertiary/aromatic N) is 1. The maximum Gasteiger partial charge on any atom is 0.271 e. The van der Waals surface area contributed by atoms with Gasteiger partial charge in [-0.05, 0) is 18.3 Å². The average Bonchev–Trinajstić information content (AvgIpc) is 2.07. The maximum absolute atomic E-state index is 10.4. The van der Waals surface area contributed by atoms with Gasteiger partial charge in [-0.1, -0.05) is 11.6 Å². The molecule has 14 heavy (non-hydrogen) atoms. The summed E-state index contributed by atoms with van der Waals surface area (Å²) < 4.78 is 0. The molecule has 0 radical (unpaired) electrons. The Kier molecular flexibility index (Phi) is 3.21. The summed E-state index contributed by atoms with van der Waals surface area (Å²) in [6, 6.07) is 3.98. The highest BCUT2D eigenvalue weighted by atomic mass is 35.5. The first-order valence-electron chi connectivity index (χ1n) is 3.51. The fourth-order valence-electron chi connectivity index (χ4n) is 0.852. The van der Waals surface area contributed by atoms with Crippen molar-refractivity contribution in [2.75, 3.05) is 5.32 Å². The lowest BCUT2D eigenvalue weighted by Gasteiger charge is -2.04. The van der Waals surface area contributed by atoms with Gasteiger partial charge in [-0.15, -0.1) is 0 Å². The minimum atomic E-state index is -0.531. The van der Waals surface area contributed by atoms with Crippen LogP contribution in [-0.2, 0) is 0 Å². The third-order valence-electron chi connectivity index (χ3n) is 1.42. The molecule has 7 heteroatoms. The van der Waals surface area contributed by atoms with Crippen molar-refractivity contribution in [2.45, 2.75) is 0 Å². The van der Waals surface area contributed by atoms with Crippen molar-refractivity contribution in [3.05, 3.63) is 33.3 Å². The van der Waals surface area contributed by atoms with Crippen molar-refractivity contribution >= 4 is 40.3 Å². The molecule has 1 aromatic rings. The molecular weight excluding hydrogens is 226 g/mol. The van der Waals surface area contributed by atoms with E-state index in [1.165, 1.54) is 18.2 Å². The topological polar surface area (TPSA) is 81.2 Å². The van der Waals surface area contributed by atoms with Crippen LogP contribution >= 0.6 is 23.8 Å². The quantitative estimate of drug-likeness (QED) is 0.462. The summed E-state index contributed by atoms with van der Waals surface area (Å²) in [6.45, 7) is 0. The molecule has 0 unspecified atom stereocenters. The summed E-state index contributed by atoms with van der Waals surface area (Å²) in [5, 5.41) is 13.2. The van der Waals surface area contributed by atoms with E-state index in [2.05, 4.69) is 17.5 Å². The van der Waals surface area contributed by atoms with Crippen LogP contribution in [0, 0.1) is 10.1 Å². The summed E-state index contributed by atoms with van der Waals surface area (Å²) in [7, 11) is 0. The van der Waals surface area contributed by atoms with Crippen molar-refractivity contribution in [3.8, 4) is 0 Å². The second kappa shape index (κ2) is 4.21. The van der Waals surface area contributed by atoms with E-state index in [0.29, 0.717) is 5.69 Å². The summed E-state index contributed by atoms with van der Waals surface area (Å²) in [5.74, 6) is 0. The van der Waals surface area contributed by atoms with Crippen molar-refractivity contribution in [1.29, 1.82) is 0 Å². The molecule has 5 nitrogen and oxygen atoms in total. The van der Waals surface area contributed by atoms with Gasteiger partial charge in [-0.3, -0.25) is 10.1 Å². The Morgan fingerprint density at radius 3 is 2.71 bits per heavy atom. The Hall–Kier alpha value is -1.40. The van der Waals surface area contributed by atoms with Gasteiger partial charge in [0.15, 0.2) is 5.11 Å². The number of nitrogens with one attached hydrogen (secondary N) is 1. The number of nitro benzene ring substituents is 1. The Labute approximate surface area is 90.0 Å². The molecule has 0 bridgehead atoms. The van der Waals surface area contributed by atoms with E-state index >= 15 is 0 Å². The van der Waals surface area contributed by atoms with Crippen molar-refractivity contribution in [1.82, 2.24) is 0 Å². The Morgan fingerprint density at radius 2 is 2.29 bits per heavy atom. The molecule has 0 amide bonds. The van der Waals surface area contributed by atoms with Crippen molar-refractivity contribution in [3.63, 3.8) is 0 Å². The summed E-state index contributed by atoms with van der Waals surface area (Å²) in [6.07, 6.45) is 0. The fraction of sp³-hybridized carbons (Fsp3) is 0. The van der Waals surface area contributed by atoms with Gasteiger partial charge in [0.25, 0.3) is 5.69 Å². The number of benzene rings is 1. The lowest BCUT2D eigenvalue weighted by atomic mass is 10.3. The molecule has 0 aliphatic rings. The summed E-state index contributed by atoms with van der Waals surface area (Å²) >= 11 is 10.3. The van der Waals surface area contributed by atoms with Crippen LogP contribution in [0.3, 0.4) is 0 Å². The molecule has 1 rings (SSSR count). The third kappa shape index (κ3) is 2.54. The molecule has 0 heterocycles. The first kappa shape index (κ1) is 10.7. The molecule has 0 aromatic heterocycles. The van der Waals surface area contributed by atoms with E-state index in [4.69, 9.17) is 17.3 Å². The molecule has 1 aromatic carbocycles. The average molecular weight is 232 g/mol. The molecule has 0 spiro atoms. The first-order chi connectivity index (χ1) is 6.50. The Balaban J connectivity index is 3.01. The largest absolute Gasteiger partial charge is 0.376 e. The maximum atomic E-state index is 10.4. The van der Waals surface area contributed by atoms with Crippen LogP contribution in [0.15, 0.2) is 18.2 Å². The highest BCUT2D eigenvalue weighted by Crippen LogP contribution is 2.26. The molecule has 0 saturated carbocycles. The van der Waals surface area contributed by atoms with Crippen LogP contribution in [0.5, 0.6) is 0 Å². The molecule has 0 aliphatic carbocycles. The normalized spacial score (nSPS) is 9.50. The molecule has 74 valence electrons. The van der Waals surface area contributed by atoms with Crippen molar-refractivity contribution in [2.24, 2.45) is 5.73 Å². The number of non-ortho nitro benzene ring substituents is 1. The zero-order valence-electron chi connectivity index (χ0n) is 6.86. The van der Waals surface area contributed by atoms with Gasteiger partial charge in [-0.25, -0.2) is 0 Å². The van der Waals surface area contributed by atoms with Gasteiger partial charge in [0.05, 0.1) is 15.6 Å². The predicted octanol–water partition coefficient (Wildman–Crippen LogP) is 1.90. The van der Waals surface area contributed by atoms with Gasteiger partial charge < -0.3 is 11.1 Å². The second-order valence-electron chi connectivity index (χ2n) is 2.41.